The van der Waals surface area contributed by atoms with Gasteiger partial charge in [-0.3, -0.25) is 4.79 Å². The number of carbonyl (C=O) groups excluding carboxylic acids is 1. The smallest absolute Gasteiger partial charge is 0.152 e. The summed E-state index contributed by atoms with van der Waals surface area (Å²) < 4.78 is 5.89. The van der Waals surface area contributed by atoms with E-state index in [1.807, 2.05) is 0 Å². The summed E-state index contributed by atoms with van der Waals surface area (Å²) in [6, 6.07) is 1.78. The van der Waals surface area contributed by atoms with Gasteiger partial charge in [0.2, 0.25) is 0 Å². The average molecular weight is 215 g/mol. The molecule has 0 saturated carbocycles. The van der Waals surface area contributed by atoms with Crippen molar-refractivity contribution in [3.05, 3.63) is 28.6 Å². The molecule has 1 aromatic heterocycles. The summed E-state index contributed by atoms with van der Waals surface area (Å²) in [5.41, 5.74) is 0. The fourth-order valence-electron chi connectivity index (χ4n) is 0.617. The Bertz CT molecular complexity index is 286. The largest absolute Gasteiger partial charge is 0.464 e. The number of hydrogen-bond acceptors (Lipinski definition) is 2. The Labute approximate surface area is 73.0 Å². The van der Waals surface area contributed by atoms with Gasteiger partial charge in [-0.15, -0.1) is 0 Å². The summed E-state index contributed by atoms with van der Waals surface area (Å²) in [4.78, 5) is 10.5. The second-order valence-corrected chi connectivity index (χ2v) is 2.93. The van der Waals surface area contributed by atoms with Crippen molar-refractivity contribution in [1.29, 1.82) is 0 Å². The van der Waals surface area contributed by atoms with E-state index in [0.29, 0.717) is 5.76 Å². The number of ketones is 1. The van der Waals surface area contributed by atoms with E-state index < -0.39 is 0 Å². The van der Waals surface area contributed by atoms with Crippen LogP contribution >= 0.6 is 15.9 Å². The first-order chi connectivity index (χ1) is 5.20. The second kappa shape index (κ2) is 3.53. The summed E-state index contributed by atoms with van der Waals surface area (Å²) in [6.07, 6.45) is 4.65. The molecular weight excluding hydrogens is 208 g/mol. The molecule has 58 valence electrons. The highest BCUT2D eigenvalue weighted by Crippen LogP contribution is 2.18. The topological polar surface area (TPSA) is 30.2 Å². The Kier molecular flexibility index (Phi) is 2.65. The van der Waals surface area contributed by atoms with Gasteiger partial charge in [-0.2, -0.15) is 0 Å². The SMILES string of the molecule is CC(=O)/C=C/c1occc1Br. The molecule has 1 heterocycles. The molecule has 0 aliphatic heterocycles. The lowest BCUT2D eigenvalue weighted by Crippen LogP contribution is -1.78. The molecular formula is C8H7BrO2. The Morgan fingerprint density at radius 2 is 2.45 bits per heavy atom. The van der Waals surface area contributed by atoms with Gasteiger partial charge >= 0.3 is 0 Å². The van der Waals surface area contributed by atoms with Gasteiger partial charge in [-0.05, 0) is 41.1 Å². The minimum Gasteiger partial charge on any atom is -0.464 e. The molecule has 0 N–H and O–H groups in total. The number of furan rings is 1. The van der Waals surface area contributed by atoms with Crippen LogP contribution in [0.15, 0.2) is 27.3 Å². The fraction of sp³-hybridized carbons (Fsp3) is 0.125. The second-order valence-electron chi connectivity index (χ2n) is 2.08. The molecule has 0 aliphatic rings. The van der Waals surface area contributed by atoms with Gasteiger partial charge in [-0.1, -0.05) is 0 Å². The Morgan fingerprint density at radius 1 is 1.73 bits per heavy atom. The highest BCUT2D eigenvalue weighted by Gasteiger charge is 1.97. The maximum atomic E-state index is 10.5. The highest BCUT2D eigenvalue weighted by molar-refractivity contribution is 9.10. The zero-order chi connectivity index (χ0) is 8.27. The van der Waals surface area contributed by atoms with E-state index in [9.17, 15) is 4.79 Å². The van der Waals surface area contributed by atoms with Crippen LogP contribution in [0.1, 0.15) is 12.7 Å². The number of halogens is 1. The van der Waals surface area contributed by atoms with Crippen LogP contribution in [0, 0.1) is 0 Å². The lowest BCUT2D eigenvalue weighted by atomic mass is 10.3. The number of allylic oxidation sites excluding steroid dienone is 1. The molecule has 0 spiro atoms. The number of carbonyl (C=O) groups is 1. The predicted octanol–water partition coefficient (Wildman–Crippen LogP) is 2.64. The Morgan fingerprint density at radius 3 is 2.91 bits per heavy atom. The zero-order valence-corrected chi connectivity index (χ0v) is 7.59. The molecule has 1 rings (SSSR count). The van der Waals surface area contributed by atoms with E-state index in [2.05, 4.69) is 15.9 Å². The first-order valence-electron chi connectivity index (χ1n) is 3.12. The molecule has 0 radical (unpaired) electrons. The first-order valence-corrected chi connectivity index (χ1v) is 3.91. The van der Waals surface area contributed by atoms with Crippen molar-refractivity contribution < 1.29 is 9.21 Å². The molecule has 0 amide bonds. The van der Waals surface area contributed by atoms with Crippen LogP contribution in [0.3, 0.4) is 0 Å². The third kappa shape index (κ3) is 2.35. The van der Waals surface area contributed by atoms with Gasteiger partial charge in [0.05, 0.1) is 10.7 Å². The zero-order valence-electron chi connectivity index (χ0n) is 6.00. The van der Waals surface area contributed by atoms with Crippen LogP contribution in [0.5, 0.6) is 0 Å². The molecule has 0 fully saturated rings. The van der Waals surface area contributed by atoms with Crippen molar-refractivity contribution in [1.82, 2.24) is 0 Å². The normalized spacial score (nSPS) is 10.7. The molecule has 0 unspecified atom stereocenters. The molecule has 11 heavy (non-hydrogen) atoms. The number of rotatable bonds is 2. The minimum atomic E-state index is 0.00769. The molecule has 0 aromatic carbocycles. The lowest BCUT2D eigenvalue weighted by Gasteiger charge is -1.84. The summed E-state index contributed by atoms with van der Waals surface area (Å²) in [7, 11) is 0. The van der Waals surface area contributed by atoms with Crippen LogP contribution < -0.4 is 0 Å². The minimum absolute atomic E-state index is 0.00769. The molecule has 0 aliphatic carbocycles. The molecule has 1 aromatic rings. The Hall–Kier alpha value is -0.830. The monoisotopic (exact) mass is 214 g/mol. The molecule has 2 nitrogen and oxygen atoms in total. The van der Waals surface area contributed by atoms with Crippen molar-refractivity contribution in [3.63, 3.8) is 0 Å². The molecule has 3 heteroatoms. The van der Waals surface area contributed by atoms with Crippen molar-refractivity contribution in [2.45, 2.75) is 6.92 Å². The van der Waals surface area contributed by atoms with Gasteiger partial charge in [0, 0.05) is 0 Å². The lowest BCUT2D eigenvalue weighted by molar-refractivity contribution is -0.112. The highest BCUT2D eigenvalue weighted by atomic mass is 79.9. The maximum absolute atomic E-state index is 10.5. The summed E-state index contributed by atoms with van der Waals surface area (Å²) in [5, 5.41) is 0. The third-order valence-electron chi connectivity index (χ3n) is 1.11. The molecule has 0 bridgehead atoms. The fourth-order valence-corrected chi connectivity index (χ4v) is 0.951. The van der Waals surface area contributed by atoms with Crippen LogP contribution in [0.25, 0.3) is 6.08 Å². The average Bonchev–Trinajstić information content (AvgIpc) is 2.31. The van der Waals surface area contributed by atoms with E-state index >= 15 is 0 Å². The van der Waals surface area contributed by atoms with Gasteiger partial charge in [0.15, 0.2) is 5.78 Å². The van der Waals surface area contributed by atoms with Gasteiger partial charge < -0.3 is 4.42 Å². The van der Waals surface area contributed by atoms with Crippen LogP contribution in [-0.4, -0.2) is 5.78 Å². The summed E-state index contributed by atoms with van der Waals surface area (Å²) in [5.74, 6) is 0.675. The quantitative estimate of drug-likeness (QED) is 0.709. The molecule has 0 atom stereocenters. The predicted molar refractivity (Wildman–Crippen MR) is 46.1 cm³/mol. The summed E-state index contributed by atoms with van der Waals surface area (Å²) in [6.45, 7) is 1.49. The van der Waals surface area contributed by atoms with Gasteiger partial charge in [0.25, 0.3) is 0 Å². The van der Waals surface area contributed by atoms with Crippen molar-refractivity contribution in [3.8, 4) is 0 Å². The van der Waals surface area contributed by atoms with Crippen LogP contribution in [0.2, 0.25) is 0 Å². The van der Waals surface area contributed by atoms with Crippen molar-refractivity contribution in [2.75, 3.05) is 0 Å². The molecule has 0 saturated heterocycles. The van der Waals surface area contributed by atoms with E-state index in [0.717, 1.165) is 4.47 Å². The third-order valence-corrected chi connectivity index (χ3v) is 1.77. The first kappa shape index (κ1) is 8.27. The van der Waals surface area contributed by atoms with E-state index in [1.165, 1.54) is 13.0 Å². The maximum Gasteiger partial charge on any atom is 0.152 e. The van der Waals surface area contributed by atoms with Crippen molar-refractivity contribution in [2.24, 2.45) is 0 Å². The van der Waals surface area contributed by atoms with Gasteiger partial charge in [-0.25, -0.2) is 0 Å². The van der Waals surface area contributed by atoms with E-state index in [1.54, 1.807) is 18.4 Å². The van der Waals surface area contributed by atoms with E-state index in [4.69, 9.17) is 4.42 Å². The standard InChI is InChI=1S/C8H7BrO2/c1-6(10)2-3-8-7(9)4-5-11-8/h2-5H,1H3/b3-2+. The van der Waals surface area contributed by atoms with Crippen molar-refractivity contribution >= 4 is 27.8 Å². The van der Waals surface area contributed by atoms with Crippen LogP contribution in [-0.2, 0) is 4.79 Å². The Balaban J connectivity index is 2.79. The van der Waals surface area contributed by atoms with Crippen LogP contribution in [0.4, 0.5) is 0 Å². The van der Waals surface area contributed by atoms with Gasteiger partial charge in [0.1, 0.15) is 5.76 Å². The van der Waals surface area contributed by atoms with E-state index in [-0.39, 0.29) is 5.78 Å². The summed E-state index contributed by atoms with van der Waals surface area (Å²) >= 11 is 3.26. The number of hydrogen-bond donors (Lipinski definition) is 0.